The predicted molar refractivity (Wildman–Crippen MR) is 56.0 cm³/mol. The molecule has 0 radical (unpaired) electrons. The molecule has 0 unspecified atom stereocenters. The molecular weight excluding hydrogens is 196 g/mol. The number of aromatic amines is 1. The second kappa shape index (κ2) is 3.85. The fourth-order valence-electron chi connectivity index (χ4n) is 0.941. The van der Waals surface area contributed by atoms with Crippen molar-refractivity contribution in [1.29, 1.82) is 0 Å². The SMILES string of the molecule is CN(C(=O)c1nc(N)n[nH]1)C(C)(C)CN. The first-order valence-electron chi connectivity index (χ1n) is 4.54. The van der Waals surface area contributed by atoms with E-state index < -0.39 is 5.54 Å². The van der Waals surface area contributed by atoms with Gasteiger partial charge in [-0.05, 0) is 13.8 Å². The number of nitrogens with one attached hydrogen (secondary N) is 1. The van der Waals surface area contributed by atoms with Gasteiger partial charge in [0.15, 0.2) is 0 Å². The summed E-state index contributed by atoms with van der Waals surface area (Å²) in [7, 11) is 1.66. The number of carbonyl (C=O) groups is 1. The Balaban J connectivity index is 2.86. The van der Waals surface area contributed by atoms with Gasteiger partial charge in [0.1, 0.15) is 0 Å². The molecule has 5 N–H and O–H groups in total. The Kier molecular flexibility index (Phi) is 2.94. The van der Waals surface area contributed by atoms with Crippen LogP contribution in [0.2, 0.25) is 0 Å². The van der Waals surface area contributed by atoms with Gasteiger partial charge < -0.3 is 16.4 Å². The Morgan fingerprint density at radius 2 is 2.20 bits per heavy atom. The minimum absolute atomic E-state index is 0.0531. The molecule has 15 heavy (non-hydrogen) atoms. The van der Waals surface area contributed by atoms with E-state index in [0.29, 0.717) is 6.54 Å². The van der Waals surface area contributed by atoms with Gasteiger partial charge >= 0.3 is 0 Å². The quantitative estimate of drug-likeness (QED) is 0.606. The van der Waals surface area contributed by atoms with Gasteiger partial charge in [0.05, 0.1) is 0 Å². The third-order valence-electron chi connectivity index (χ3n) is 2.42. The number of H-pyrrole nitrogens is 1. The molecule has 1 amide bonds. The zero-order valence-corrected chi connectivity index (χ0v) is 9.11. The molecule has 1 heterocycles. The van der Waals surface area contributed by atoms with E-state index in [9.17, 15) is 4.79 Å². The number of rotatable bonds is 3. The molecule has 0 saturated carbocycles. The maximum Gasteiger partial charge on any atom is 0.291 e. The van der Waals surface area contributed by atoms with E-state index >= 15 is 0 Å². The molecule has 0 fully saturated rings. The summed E-state index contributed by atoms with van der Waals surface area (Å²) in [5, 5.41) is 6.06. The lowest BCUT2D eigenvalue weighted by Crippen LogP contribution is -2.50. The van der Waals surface area contributed by atoms with Crippen molar-refractivity contribution in [2.75, 3.05) is 19.3 Å². The van der Waals surface area contributed by atoms with Crippen LogP contribution in [0.4, 0.5) is 5.95 Å². The molecule has 7 nitrogen and oxygen atoms in total. The highest BCUT2D eigenvalue weighted by Crippen LogP contribution is 2.12. The van der Waals surface area contributed by atoms with Crippen molar-refractivity contribution in [2.45, 2.75) is 19.4 Å². The third-order valence-corrected chi connectivity index (χ3v) is 2.42. The van der Waals surface area contributed by atoms with Crippen molar-refractivity contribution in [2.24, 2.45) is 5.73 Å². The van der Waals surface area contributed by atoms with E-state index in [-0.39, 0.29) is 17.7 Å². The van der Waals surface area contributed by atoms with Gasteiger partial charge in [0.25, 0.3) is 5.91 Å². The molecule has 0 bridgehead atoms. The minimum atomic E-state index is -0.432. The Morgan fingerprint density at radius 1 is 1.60 bits per heavy atom. The molecule has 0 aliphatic heterocycles. The molecular formula is C8H16N6O. The number of amides is 1. The van der Waals surface area contributed by atoms with Gasteiger partial charge in [-0.15, -0.1) is 5.10 Å². The molecule has 0 atom stereocenters. The van der Waals surface area contributed by atoms with Crippen molar-refractivity contribution >= 4 is 11.9 Å². The molecule has 0 aliphatic carbocycles. The number of anilines is 1. The summed E-state index contributed by atoms with van der Waals surface area (Å²) >= 11 is 0. The van der Waals surface area contributed by atoms with Crippen LogP contribution in [-0.2, 0) is 0 Å². The zero-order chi connectivity index (χ0) is 11.6. The number of aromatic nitrogens is 3. The number of hydrogen-bond donors (Lipinski definition) is 3. The Bertz CT molecular complexity index is 358. The van der Waals surface area contributed by atoms with E-state index in [2.05, 4.69) is 15.2 Å². The number of hydrogen-bond acceptors (Lipinski definition) is 5. The number of nitrogen functional groups attached to an aromatic ring is 1. The average Bonchev–Trinajstić information content (AvgIpc) is 2.62. The Morgan fingerprint density at radius 3 is 2.60 bits per heavy atom. The van der Waals surface area contributed by atoms with Gasteiger partial charge in [0.2, 0.25) is 11.8 Å². The van der Waals surface area contributed by atoms with Crippen LogP contribution in [-0.4, -0.2) is 45.1 Å². The van der Waals surface area contributed by atoms with E-state index in [1.807, 2.05) is 13.8 Å². The molecule has 0 saturated heterocycles. The smallest absolute Gasteiger partial charge is 0.291 e. The first-order chi connectivity index (χ1) is 6.88. The lowest BCUT2D eigenvalue weighted by molar-refractivity contribution is 0.0628. The van der Waals surface area contributed by atoms with Crippen molar-refractivity contribution in [3.8, 4) is 0 Å². The van der Waals surface area contributed by atoms with Crippen molar-refractivity contribution < 1.29 is 4.79 Å². The summed E-state index contributed by atoms with van der Waals surface area (Å²) in [5.41, 5.74) is 10.4. The molecule has 0 aromatic carbocycles. The number of likely N-dealkylation sites (N-methyl/N-ethyl adjacent to an activating group) is 1. The largest absolute Gasteiger partial charge is 0.366 e. The standard InChI is InChI=1S/C8H16N6O/c1-8(2,4-9)14(3)6(15)5-11-7(10)13-12-5/h4,9H2,1-3H3,(H3,10,11,12,13). The number of carbonyl (C=O) groups excluding carboxylic acids is 1. The summed E-state index contributed by atoms with van der Waals surface area (Å²) in [6.07, 6.45) is 0. The van der Waals surface area contributed by atoms with Crippen LogP contribution >= 0.6 is 0 Å². The van der Waals surface area contributed by atoms with Gasteiger partial charge in [-0.1, -0.05) is 0 Å². The maximum absolute atomic E-state index is 11.8. The zero-order valence-electron chi connectivity index (χ0n) is 9.11. The van der Waals surface area contributed by atoms with Gasteiger partial charge in [0, 0.05) is 19.1 Å². The minimum Gasteiger partial charge on any atom is -0.366 e. The molecule has 0 spiro atoms. The van der Waals surface area contributed by atoms with Crippen molar-refractivity contribution in [3.63, 3.8) is 0 Å². The Labute approximate surface area is 87.8 Å². The van der Waals surface area contributed by atoms with Gasteiger partial charge in [-0.2, -0.15) is 4.98 Å². The van der Waals surface area contributed by atoms with Gasteiger partial charge in [-0.3, -0.25) is 9.89 Å². The molecule has 1 rings (SSSR count). The first kappa shape index (κ1) is 11.4. The highest BCUT2D eigenvalue weighted by Gasteiger charge is 2.28. The van der Waals surface area contributed by atoms with Gasteiger partial charge in [-0.25, -0.2) is 0 Å². The summed E-state index contributed by atoms with van der Waals surface area (Å²) < 4.78 is 0. The third kappa shape index (κ3) is 2.24. The van der Waals surface area contributed by atoms with Crippen LogP contribution in [0.5, 0.6) is 0 Å². The highest BCUT2D eigenvalue weighted by atomic mass is 16.2. The van der Waals surface area contributed by atoms with Crippen molar-refractivity contribution in [1.82, 2.24) is 20.1 Å². The summed E-state index contributed by atoms with van der Waals surface area (Å²) in [4.78, 5) is 17.1. The monoisotopic (exact) mass is 212 g/mol. The van der Waals surface area contributed by atoms with E-state index in [1.165, 1.54) is 4.90 Å². The second-order valence-corrected chi connectivity index (χ2v) is 3.92. The van der Waals surface area contributed by atoms with Crippen LogP contribution in [0.1, 0.15) is 24.5 Å². The van der Waals surface area contributed by atoms with Crippen LogP contribution in [0.15, 0.2) is 0 Å². The van der Waals surface area contributed by atoms with E-state index in [1.54, 1.807) is 7.05 Å². The van der Waals surface area contributed by atoms with Crippen LogP contribution in [0.25, 0.3) is 0 Å². The second-order valence-electron chi connectivity index (χ2n) is 3.92. The van der Waals surface area contributed by atoms with E-state index in [4.69, 9.17) is 11.5 Å². The lowest BCUT2D eigenvalue weighted by Gasteiger charge is -2.33. The predicted octanol–water partition coefficient (Wildman–Crippen LogP) is -0.804. The molecule has 1 aromatic heterocycles. The normalized spacial score (nSPS) is 11.5. The lowest BCUT2D eigenvalue weighted by atomic mass is 10.0. The molecule has 84 valence electrons. The van der Waals surface area contributed by atoms with Crippen LogP contribution in [0, 0.1) is 0 Å². The summed E-state index contributed by atoms with van der Waals surface area (Å²) in [6.45, 7) is 4.09. The van der Waals surface area contributed by atoms with Crippen molar-refractivity contribution in [3.05, 3.63) is 5.82 Å². The number of nitrogens with zero attached hydrogens (tertiary/aromatic N) is 3. The van der Waals surface area contributed by atoms with E-state index in [0.717, 1.165) is 0 Å². The molecule has 1 aromatic rings. The molecule has 7 heteroatoms. The molecule has 0 aliphatic rings. The number of nitrogens with two attached hydrogens (primary N) is 2. The summed E-state index contributed by atoms with van der Waals surface area (Å²) in [6, 6.07) is 0. The topological polar surface area (TPSA) is 114 Å². The average molecular weight is 212 g/mol. The highest BCUT2D eigenvalue weighted by molar-refractivity contribution is 5.91. The summed E-state index contributed by atoms with van der Waals surface area (Å²) in [5.74, 6) is -0.108. The fourth-order valence-corrected chi connectivity index (χ4v) is 0.941. The van der Waals surface area contributed by atoms with Crippen LogP contribution in [0.3, 0.4) is 0 Å². The fraction of sp³-hybridized carbons (Fsp3) is 0.625. The Hall–Kier alpha value is -1.63. The maximum atomic E-state index is 11.8. The first-order valence-corrected chi connectivity index (χ1v) is 4.54. The van der Waals surface area contributed by atoms with Crippen LogP contribution < -0.4 is 11.5 Å².